The number of benzene rings is 2. The molecule has 0 aliphatic carbocycles. The van der Waals surface area contributed by atoms with Gasteiger partial charge in [0.1, 0.15) is 12.1 Å². The van der Waals surface area contributed by atoms with Crippen LogP contribution in [-0.4, -0.2) is 30.4 Å². The number of hydrogen-bond donors (Lipinski definition) is 0. The summed E-state index contributed by atoms with van der Waals surface area (Å²) in [5, 5.41) is 9.36. The summed E-state index contributed by atoms with van der Waals surface area (Å²) in [5.41, 5.74) is 1.46. The van der Waals surface area contributed by atoms with E-state index in [1.807, 2.05) is 13.0 Å². The number of thiazole rings is 1. The summed E-state index contributed by atoms with van der Waals surface area (Å²) < 4.78 is 18.2. The van der Waals surface area contributed by atoms with Crippen molar-refractivity contribution in [1.29, 1.82) is 5.26 Å². The molecule has 1 aliphatic rings. The zero-order valence-corrected chi connectivity index (χ0v) is 23.1. The zero-order valence-electron chi connectivity index (χ0n) is 20.8. The van der Waals surface area contributed by atoms with E-state index in [0.29, 0.717) is 49.3 Å². The quantitative estimate of drug-likeness (QED) is 0.371. The molecule has 1 aliphatic heterocycles. The van der Waals surface area contributed by atoms with Crippen LogP contribution in [0.1, 0.15) is 37.9 Å². The Morgan fingerprint density at radius 2 is 1.97 bits per heavy atom. The maximum Gasteiger partial charge on any atom is 0.338 e. The standard InChI is InChI=1S/C27H23Cl2N3O5S/c1-4-35-20-13-16(9-10-19(20)37-12-11-30)14-21-25(33)32-24(17-7-6-8-18(28)23(17)29)22(26(34)36-5-2)15(3)31-27(32)38-21/h6-10,13-14,24H,4-5,12H2,1-3H3/b21-14-/t24-/m1/s1. The number of esters is 1. The molecule has 2 aromatic carbocycles. The highest BCUT2D eigenvalue weighted by molar-refractivity contribution is 7.07. The van der Waals surface area contributed by atoms with Gasteiger partial charge in [0, 0.05) is 5.56 Å². The van der Waals surface area contributed by atoms with Gasteiger partial charge >= 0.3 is 5.97 Å². The lowest BCUT2D eigenvalue weighted by Crippen LogP contribution is -2.40. The number of nitrogens with zero attached hydrogens (tertiary/aromatic N) is 3. The second kappa shape index (κ2) is 11.9. The number of nitriles is 1. The van der Waals surface area contributed by atoms with Gasteiger partial charge in [-0.25, -0.2) is 9.79 Å². The van der Waals surface area contributed by atoms with Crippen molar-refractivity contribution in [1.82, 2.24) is 4.57 Å². The fourth-order valence-electron chi connectivity index (χ4n) is 4.08. The van der Waals surface area contributed by atoms with Crippen LogP contribution >= 0.6 is 34.5 Å². The molecule has 1 atom stereocenters. The molecule has 0 saturated heterocycles. The third-order valence-corrected chi connectivity index (χ3v) is 7.47. The molecule has 3 aromatic rings. The number of hydrogen-bond acceptors (Lipinski definition) is 8. The first-order valence-electron chi connectivity index (χ1n) is 11.7. The fraction of sp³-hybridized carbons (Fsp3) is 0.259. The number of carbonyl (C=O) groups excluding carboxylic acids is 1. The SMILES string of the molecule is CCOC(=O)C1=C(C)N=c2s/c(=C\c3ccc(OCC#N)c(OCC)c3)c(=O)n2[C@@H]1c1cccc(Cl)c1Cl. The maximum absolute atomic E-state index is 13.8. The van der Waals surface area contributed by atoms with Crippen molar-refractivity contribution < 1.29 is 19.0 Å². The van der Waals surface area contributed by atoms with Crippen LogP contribution in [0.25, 0.3) is 6.08 Å². The molecular formula is C27H23Cl2N3O5S. The number of carbonyl (C=O) groups is 1. The molecule has 11 heteroatoms. The largest absolute Gasteiger partial charge is 0.490 e. The van der Waals surface area contributed by atoms with E-state index in [2.05, 4.69) is 4.99 Å². The number of aromatic nitrogens is 1. The Labute approximate surface area is 232 Å². The van der Waals surface area contributed by atoms with E-state index in [1.165, 1.54) is 15.9 Å². The minimum atomic E-state index is -0.876. The maximum atomic E-state index is 13.8. The topological polar surface area (TPSA) is 103 Å². The summed E-state index contributed by atoms with van der Waals surface area (Å²) in [6.45, 7) is 5.67. The third kappa shape index (κ3) is 5.34. The Kier molecular flexibility index (Phi) is 8.57. The highest BCUT2D eigenvalue weighted by Crippen LogP contribution is 2.37. The van der Waals surface area contributed by atoms with Crippen LogP contribution in [0.2, 0.25) is 10.0 Å². The van der Waals surface area contributed by atoms with Gasteiger partial charge in [-0.05, 0) is 50.6 Å². The van der Waals surface area contributed by atoms with Gasteiger partial charge in [-0.3, -0.25) is 9.36 Å². The van der Waals surface area contributed by atoms with E-state index in [0.717, 1.165) is 0 Å². The summed E-state index contributed by atoms with van der Waals surface area (Å²) in [6, 6.07) is 11.3. The Balaban J connectivity index is 1.91. The summed E-state index contributed by atoms with van der Waals surface area (Å²) in [7, 11) is 0. The number of rotatable bonds is 8. The van der Waals surface area contributed by atoms with E-state index in [9.17, 15) is 9.59 Å². The summed E-state index contributed by atoms with van der Waals surface area (Å²) in [5.74, 6) is 0.295. The van der Waals surface area contributed by atoms with Crippen molar-refractivity contribution in [2.45, 2.75) is 26.8 Å². The molecule has 1 aromatic heterocycles. The fourth-order valence-corrected chi connectivity index (χ4v) is 5.54. The molecule has 38 heavy (non-hydrogen) atoms. The first-order chi connectivity index (χ1) is 18.3. The second-order valence-electron chi connectivity index (χ2n) is 8.03. The van der Waals surface area contributed by atoms with E-state index in [-0.39, 0.29) is 29.4 Å². The van der Waals surface area contributed by atoms with Gasteiger partial charge in [0.2, 0.25) is 0 Å². The third-order valence-electron chi connectivity index (χ3n) is 5.65. The van der Waals surface area contributed by atoms with Crippen molar-refractivity contribution >= 4 is 46.6 Å². The average Bonchev–Trinajstić information content (AvgIpc) is 3.19. The van der Waals surface area contributed by atoms with Gasteiger partial charge in [-0.15, -0.1) is 0 Å². The molecule has 0 N–H and O–H groups in total. The van der Waals surface area contributed by atoms with Gasteiger partial charge in [-0.1, -0.05) is 52.7 Å². The number of fused-ring (bicyclic) bond motifs is 1. The smallest absolute Gasteiger partial charge is 0.338 e. The monoisotopic (exact) mass is 571 g/mol. The molecule has 0 amide bonds. The normalized spacial score (nSPS) is 14.9. The second-order valence-corrected chi connectivity index (χ2v) is 9.83. The highest BCUT2D eigenvalue weighted by atomic mass is 35.5. The minimum absolute atomic E-state index is 0.119. The molecular weight excluding hydrogens is 549 g/mol. The molecule has 0 bridgehead atoms. The van der Waals surface area contributed by atoms with Crippen LogP contribution in [0.3, 0.4) is 0 Å². The van der Waals surface area contributed by atoms with Gasteiger partial charge in [0.25, 0.3) is 5.56 Å². The molecule has 2 heterocycles. The van der Waals surface area contributed by atoms with Crippen LogP contribution in [0.4, 0.5) is 0 Å². The van der Waals surface area contributed by atoms with Gasteiger partial charge in [0.05, 0.1) is 39.1 Å². The molecule has 4 rings (SSSR count). The molecule has 196 valence electrons. The highest BCUT2D eigenvalue weighted by Gasteiger charge is 2.34. The summed E-state index contributed by atoms with van der Waals surface area (Å²) >= 11 is 14.1. The zero-order chi connectivity index (χ0) is 27.4. The van der Waals surface area contributed by atoms with Crippen LogP contribution in [0.5, 0.6) is 11.5 Å². The van der Waals surface area contributed by atoms with Crippen molar-refractivity contribution in [3.8, 4) is 17.6 Å². The lowest BCUT2D eigenvalue weighted by atomic mass is 9.96. The van der Waals surface area contributed by atoms with Crippen molar-refractivity contribution in [2.24, 2.45) is 4.99 Å². The van der Waals surface area contributed by atoms with Gasteiger partial charge in [-0.2, -0.15) is 5.26 Å². The lowest BCUT2D eigenvalue weighted by molar-refractivity contribution is -0.139. The van der Waals surface area contributed by atoms with Crippen LogP contribution in [-0.2, 0) is 9.53 Å². The molecule has 0 fully saturated rings. The summed E-state index contributed by atoms with van der Waals surface area (Å²) in [6.07, 6.45) is 1.71. The van der Waals surface area contributed by atoms with E-state index < -0.39 is 12.0 Å². The Hall–Kier alpha value is -3.58. The molecule has 0 saturated carbocycles. The molecule has 0 spiro atoms. The predicted molar refractivity (Wildman–Crippen MR) is 146 cm³/mol. The lowest BCUT2D eigenvalue weighted by Gasteiger charge is -2.25. The first kappa shape index (κ1) is 27.5. The van der Waals surface area contributed by atoms with Crippen LogP contribution in [0, 0.1) is 11.3 Å². The minimum Gasteiger partial charge on any atom is -0.490 e. The van der Waals surface area contributed by atoms with Gasteiger partial charge < -0.3 is 14.2 Å². The molecule has 0 radical (unpaired) electrons. The number of allylic oxidation sites excluding steroid dienone is 1. The Morgan fingerprint density at radius 1 is 1.18 bits per heavy atom. The van der Waals surface area contributed by atoms with Gasteiger partial charge in [0.15, 0.2) is 22.9 Å². The Bertz CT molecular complexity index is 1650. The van der Waals surface area contributed by atoms with Crippen LogP contribution in [0.15, 0.2) is 57.5 Å². The van der Waals surface area contributed by atoms with Crippen molar-refractivity contribution in [3.63, 3.8) is 0 Å². The summed E-state index contributed by atoms with van der Waals surface area (Å²) in [4.78, 5) is 31.8. The number of ether oxygens (including phenoxy) is 3. The van der Waals surface area contributed by atoms with E-state index in [1.54, 1.807) is 56.3 Å². The number of halogens is 2. The van der Waals surface area contributed by atoms with Crippen LogP contribution < -0.4 is 24.4 Å². The Morgan fingerprint density at radius 3 is 2.68 bits per heavy atom. The molecule has 0 unspecified atom stereocenters. The predicted octanol–water partition coefficient (Wildman–Crippen LogP) is 4.41. The average molecular weight is 572 g/mol. The first-order valence-corrected chi connectivity index (χ1v) is 13.3. The molecule has 8 nitrogen and oxygen atoms in total. The van der Waals surface area contributed by atoms with Crippen molar-refractivity contribution in [3.05, 3.63) is 88.5 Å². The van der Waals surface area contributed by atoms with E-state index in [4.69, 9.17) is 42.7 Å². The van der Waals surface area contributed by atoms with E-state index >= 15 is 0 Å². The van der Waals surface area contributed by atoms with Crippen molar-refractivity contribution in [2.75, 3.05) is 19.8 Å².